The standard InChI is InChI=1S/C15H21N3O3/c1-16-7-6-14(19)17-13-5-4-10-2-3-11(15(20)18-21)8-12(10)9-13/h2-3,8,13,16,21H,4-7,9H2,1H3,(H,17,19)(H,18,20). The number of rotatable bonds is 5. The van der Waals surface area contributed by atoms with E-state index in [0.717, 1.165) is 18.4 Å². The van der Waals surface area contributed by atoms with Crippen LogP contribution in [0.15, 0.2) is 18.2 Å². The summed E-state index contributed by atoms with van der Waals surface area (Å²) in [6.45, 7) is 0.663. The van der Waals surface area contributed by atoms with E-state index >= 15 is 0 Å². The van der Waals surface area contributed by atoms with Crippen LogP contribution in [-0.4, -0.2) is 36.7 Å². The van der Waals surface area contributed by atoms with E-state index in [0.29, 0.717) is 24.9 Å². The molecule has 6 heteroatoms. The highest BCUT2D eigenvalue weighted by Gasteiger charge is 2.21. The molecular weight excluding hydrogens is 270 g/mol. The molecule has 4 N–H and O–H groups in total. The van der Waals surface area contributed by atoms with Crippen molar-refractivity contribution in [2.75, 3.05) is 13.6 Å². The van der Waals surface area contributed by atoms with Crippen molar-refractivity contribution in [3.8, 4) is 0 Å². The second-order valence-electron chi connectivity index (χ2n) is 5.29. The maximum Gasteiger partial charge on any atom is 0.274 e. The van der Waals surface area contributed by atoms with Gasteiger partial charge in [0.1, 0.15) is 0 Å². The number of amides is 2. The molecule has 0 aromatic heterocycles. The molecule has 2 amide bonds. The van der Waals surface area contributed by atoms with Gasteiger partial charge in [0.05, 0.1) is 0 Å². The summed E-state index contributed by atoms with van der Waals surface area (Å²) >= 11 is 0. The zero-order valence-electron chi connectivity index (χ0n) is 12.1. The first-order valence-corrected chi connectivity index (χ1v) is 7.14. The predicted molar refractivity (Wildman–Crippen MR) is 78.2 cm³/mol. The number of hydroxylamine groups is 1. The molecule has 1 aromatic rings. The highest BCUT2D eigenvalue weighted by molar-refractivity contribution is 5.93. The van der Waals surface area contributed by atoms with Crippen molar-refractivity contribution in [3.05, 3.63) is 34.9 Å². The van der Waals surface area contributed by atoms with Crippen LogP contribution in [-0.2, 0) is 17.6 Å². The molecular formula is C15H21N3O3. The summed E-state index contributed by atoms with van der Waals surface area (Å²) in [5.74, 6) is -0.472. The first-order valence-electron chi connectivity index (χ1n) is 7.14. The van der Waals surface area contributed by atoms with Gasteiger partial charge in [-0.05, 0) is 49.6 Å². The normalized spacial score (nSPS) is 17.0. The van der Waals surface area contributed by atoms with Crippen LogP contribution in [0.5, 0.6) is 0 Å². The van der Waals surface area contributed by atoms with E-state index in [4.69, 9.17) is 5.21 Å². The van der Waals surface area contributed by atoms with Gasteiger partial charge in [-0.25, -0.2) is 5.48 Å². The van der Waals surface area contributed by atoms with Gasteiger partial charge in [0.15, 0.2) is 0 Å². The Morgan fingerprint density at radius 2 is 2.14 bits per heavy atom. The minimum atomic E-state index is -0.516. The summed E-state index contributed by atoms with van der Waals surface area (Å²) in [6.07, 6.45) is 2.97. The van der Waals surface area contributed by atoms with Crippen LogP contribution < -0.4 is 16.1 Å². The SMILES string of the molecule is CNCCC(=O)NC1CCc2ccc(C(=O)NO)cc2C1. The maximum atomic E-state index is 11.8. The topological polar surface area (TPSA) is 90.5 Å². The maximum absolute atomic E-state index is 11.8. The number of carbonyl (C=O) groups excluding carboxylic acids is 2. The fourth-order valence-electron chi connectivity index (χ4n) is 2.62. The molecule has 0 aliphatic heterocycles. The summed E-state index contributed by atoms with van der Waals surface area (Å²) in [4.78, 5) is 23.2. The van der Waals surface area contributed by atoms with Crippen molar-refractivity contribution < 1.29 is 14.8 Å². The van der Waals surface area contributed by atoms with Crippen molar-refractivity contribution in [3.63, 3.8) is 0 Å². The van der Waals surface area contributed by atoms with E-state index in [1.54, 1.807) is 17.6 Å². The van der Waals surface area contributed by atoms with Gasteiger partial charge in [0, 0.05) is 24.6 Å². The highest BCUT2D eigenvalue weighted by Crippen LogP contribution is 2.22. The van der Waals surface area contributed by atoms with Gasteiger partial charge in [-0.15, -0.1) is 0 Å². The average molecular weight is 291 g/mol. The minimum Gasteiger partial charge on any atom is -0.353 e. The van der Waals surface area contributed by atoms with Crippen molar-refractivity contribution >= 4 is 11.8 Å². The molecule has 1 unspecified atom stereocenters. The molecule has 0 heterocycles. The molecule has 0 saturated carbocycles. The monoisotopic (exact) mass is 291 g/mol. The van der Waals surface area contributed by atoms with Crippen LogP contribution in [0, 0.1) is 0 Å². The van der Waals surface area contributed by atoms with Crippen LogP contribution in [0.3, 0.4) is 0 Å². The Labute approximate surface area is 123 Å². The van der Waals surface area contributed by atoms with Gasteiger partial charge in [0.2, 0.25) is 5.91 Å². The van der Waals surface area contributed by atoms with Crippen molar-refractivity contribution in [1.82, 2.24) is 16.1 Å². The van der Waals surface area contributed by atoms with Gasteiger partial charge in [0.25, 0.3) is 5.91 Å². The lowest BCUT2D eigenvalue weighted by molar-refractivity contribution is -0.121. The third kappa shape index (κ3) is 4.03. The summed E-state index contributed by atoms with van der Waals surface area (Å²) in [7, 11) is 1.82. The van der Waals surface area contributed by atoms with E-state index in [2.05, 4.69) is 10.6 Å². The van der Waals surface area contributed by atoms with E-state index < -0.39 is 5.91 Å². The van der Waals surface area contributed by atoms with Crippen LogP contribution in [0.25, 0.3) is 0 Å². The molecule has 0 saturated heterocycles. The molecule has 1 aliphatic rings. The largest absolute Gasteiger partial charge is 0.353 e. The van der Waals surface area contributed by atoms with Gasteiger partial charge < -0.3 is 10.6 Å². The first kappa shape index (κ1) is 15.5. The molecule has 0 radical (unpaired) electrons. The molecule has 114 valence electrons. The molecule has 0 fully saturated rings. The fraction of sp³-hybridized carbons (Fsp3) is 0.467. The lowest BCUT2D eigenvalue weighted by atomic mass is 9.87. The first-order chi connectivity index (χ1) is 10.1. The Hall–Kier alpha value is -1.92. The molecule has 21 heavy (non-hydrogen) atoms. The average Bonchev–Trinajstić information content (AvgIpc) is 2.51. The van der Waals surface area contributed by atoms with Gasteiger partial charge in [-0.2, -0.15) is 0 Å². The van der Waals surface area contributed by atoms with Crippen LogP contribution in [0.2, 0.25) is 0 Å². The molecule has 1 aliphatic carbocycles. The molecule has 0 spiro atoms. The highest BCUT2D eigenvalue weighted by atomic mass is 16.5. The van der Waals surface area contributed by atoms with Crippen molar-refractivity contribution in [1.29, 1.82) is 0 Å². The number of hydrogen-bond donors (Lipinski definition) is 4. The fourth-order valence-corrected chi connectivity index (χ4v) is 2.62. The molecule has 6 nitrogen and oxygen atoms in total. The number of carbonyl (C=O) groups is 2. The second-order valence-corrected chi connectivity index (χ2v) is 5.29. The third-order valence-electron chi connectivity index (χ3n) is 3.77. The van der Waals surface area contributed by atoms with E-state index in [-0.39, 0.29) is 11.9 Å². The van der Waals surface area contributed by atoms with Gasteiger partial charge in [-0.3, -0.25) is 14.8 Å². The zero-order chi connectivity index (χ0) is 15.2. The smallest absolute Gasteiger partial charge is 0.274 e. The Morgan fingerprint density at radius 1 is 1.33 bits per heavy atom. The van der Waals surface area contributed by atoms with Gasteiger partial charge >= 0.3 is 0 Å². The molecule has 1 aromatic carbocycles. The predicted octanol–water partition coefficient (Wildman–Crippen LogP) is 0.389. The Balaban J connectivity index is 2.01. The van der Waals surface area contributed by atoms with Gasteiger partial charge in [-0.1, -0.05) is 6.07 Å². The Morgan fingerprint density at radius 3 is 2.86 bits per heavy atom. The number of nitrogens with one attached hydrogen (secondary N) is 3. The summed E-state index contributed by atoms with van der Waals surface area (Å²) < 4.78 is 0. The molecule has 0 bridgehead atoms. The van der Waals surface area contributed by atoms with Crippen molar-refractivity contribution in [2.45, 2.75) is 31.7 Å². The molecule has 2 rings (SSSR count). The van der Waals surface area contributed by atoms with E-state index in [1.165, 1.54) is 5.56 Å². The Kier molecular flexibility index (Phi) is 5.30. The van der Waals surface area contributed by atoms with Crippen LogP contribution in [0.1, 0.15) is 34.3 Å². The molecule has 1 atom stereocenters. The number of aryl methyl sites for hydroxylation is 1. The minimum absolute atomic E-state index is 0.0436. The third-order valence-corrected chi connectivity index (χ3v) is 3.77. The Bertz CT molecular complexity index is 531. The number of benzene rings is 1. The lowest BCUT2D eigenvalue weighted by Crippen LogP contribution is -2.39. The quantitative estimate of drug-likeness (QED) is 0.466. The van der Waals surface area contributed by atoms with Crippen LogP contribution >= 0.6 is 0 Å². The van der Waals surface area contributed by atoms with Crippen LogP contribution in [0.4, 0.5) is 0 Å². The zero-order valence-corrected chi connectivity index (χ0v) is 12.1. The summed E-state index contributed by atoms with van der Waals surface area (Å²) in [5, 5.41) is 14.7. The van der Waals surface area contributed by atoms with E-state index in [9.17, 15) is 9.59 Å². The lowest BCUT2D eigenvalue weighted by Gasteiger charge is -2.26. The number of hydrogen-bond acceptors (Lipinski definition) is 4. The number of fused-ring (bicyclic) bond motifs is 1. The second kappa shape index (κ2) is 7.19. The summed E-state index contributed by atoms with van der Waals surface area (Å²) in [6, 6.07) is 5.51. The summed E-state index contributed by atoms with van der Waals surface area (Å²) in [5.41, 5.74) is 4.32. The van der Waals surface area contributed by atoms with Crippen molar-refractivity contribution in [2.24, 2.45) is 0 Å². The van der Waals surface area contributed by atoms with E-state index in [1.807, 2.05) is 13.1 Å².